The van der Waals surface area contributed by atoms with E-state index in [4.69, 9.17) is 11.5 Å². The van der Waals surface area contributed by atoms with Gasteiger partial charge in [-0.3, -0.25) is 0 Å². The molecule has 0 atom stereocenters. The molecule has 0 aliphatic rings. The zero-order valence-electron chi connectivity index (χ0n) is 9.03. The summed E-state index contributed by atoms with van der Waals surface area (Å²) < 4.78 is 1.82. The molecule has 0 aliphatic heterocycles. The lowest BCUT2D eigenvalue weighted by Crippen LogP contribution is -2.47. The SMILES string of the molecule is NC(N)(c1ccccc1)c1cccc(Br)c1Br. The Labute approximate surface area is 117 Å². The summed E-state index contributed by atoms with van der Waals surface area (Å²) in [7, 11) is 0. The Morgan fingerprint density at radius 1 is 0.824 bits per heavy atom. The standard InChI is InChI=1S/C13H12Br2N2/c14-11-8-4-7-10(12(11)15)13(16,17)9-5-2-1-3-6-9/h1-8H,16-17H2. The van der Waals surface area contributed by atoms with E-state index in [1.807, 2.05) is 48.5 Å². The van der Waals surface area contributed by atoms with Gasteiger partial charge >= 0.3 is 0 Å². The lowest BCUT2D eigenvalue weighted by atomic mass is 9.93. The van der Waals surface area contributed by atoms with Crippen LogP contribution in [0.15, 0.2) is 57.5 Å². The van der Waals surface area contributed by atoms with E-state index < -0.39 is 5.66 Å². The molecule has 0 amide bonds. The molecule has 88 valence electrons. The number of halogens is 2. The molecule has 0 bridgehead atoms. The first-order valence-corrected chi connectivity index (χ1v) is 6.70. The van der Waals surface area contributed by atoms with Crippen LogP contribution in [0.2, 0.25) is 0 Å². The topological polar surface area (TPSA) is 52.0 Å². The molecule has 2 nitrogen and oxygen atoms in total. The first-order chi connectivity index (χ1) is 8.03. The van der Waals surface area contributed by atoms with Gasteiger partial charge in [0.15, 0.2) is 0 Å². The Bertz CT molecular complexity index is 524. The first-order valence-electron chi connectivity index (χ1n) is 5.11. The number of nitrogens with two attached hydrogens (primary N) is 2. The van der Waals surface area contributed by atoms with Crippen LogP contribution in [-0.4, -0.2) is 0 Å². The summed E-state index contributed by atoms with van der Waals surface area (Å²) in [5.41, 5.74) is 13.2. The van der Waals surface area contributed by atoms with Crippen molar-refractivity contribution < 1.29 is 0 Å². The van der Waals surface area contributed by atoms with Crippen LogP contribution in [0.4, 0.5) is 0 Å². The Kier molecular flexibility index (Phi) is 3.68. The molecule has 2 rings (SSSR count). The Hall–Kier alpha value is -0.680. The molecule has 17 heavy (non-hydrogen) atoms. The largest absolute Gasteiger partial charge is 0.306 e. The summed E-state index contributed by atoms with van der Waals surface area (Å²) >= 11 is 6.96. The molecule has 2 aromatic carbocycles. The van der Waals surface area contributed by atoms with E-state index >= 15 is 0 Å². The minimum atomic E-state index is -1.01. The summed E-state index contributed by atoms with van der Waals surface area (Å²) in [5.74, 6) is 0. The van der Waals surface area contributed by atoms with Crippen LogP contribution in [0.5, 0.6) is 0 Å². The molecule has 0 spiro atoms. The van der Waals surface area contributed by atoms with Crippen molar-refractivity contribution in [2.75, 3.05) is 0 Å². The fourth-order valence-corrected chi connectivity index (χ4v) is 2.65. The lowest BCUT2D eigenvalue weighted by Gasteiger charge is -2.27. The summed E-state index contributed by atoms with van der Waals surface area (Å²) in [6, 6.07) is 15.4. The molecule has 4 N–H and O–H groups in total. The molecule has 0 radical (unpaired) electrons. The van der Waals surface area contributed by atoms with E-state index in [0.717, 1.165) is 20.1 Å². The monoisotopic (exact) mass is 354 g/mol. The van der Waals surface area contributed by atoms with Gasteiger partial charge in [-0.2, -0.15) is 0 Å². The summed E-state index contributed by atoms with van der Waals surface area (Å²) in [4.78, 5) is 0. The Balaban J connectivity index is 2.56. The quantitative estimate of drug-likeness (QED) is 0.812. The Morgan fingerprint density at radius 2 is 1.47 bits per heavy atom. The minimum absolute atomic E-state index is 0.845. The predicted molar refractivity (Wildman–Crippen MR) is 77.4 cm³/mol. The van der Waals surface area contributed by atoms with Gasteiger partial charge in [-0.25, -0.2) is 0 Å². The van der Waals surface area contributed by atoms with E-state index in [9.17, 15) is 0 Å². The van der Waals surface area contributed by atoms with Gasteiger partial charge in [0.25, 0.3) is 0 Å². The molecule has 0 heterocycles. The second-order valence-corrected chi connectivity index (χ2v) is 5.48. The second kappa shape index (κ2) is 4.90. The molecule has 0 unspecified atom stereocenters. The molecule has 0 fully saturated rings. The van der Waals surface area contributed by atoms with Crippen LogP contribution in [0, 0.1) is 0 Å². The van der Waals surface area contributed by atoms with Crippen molar-refractivity contribution in [2.45, 2.75) is 5.66 Å². The lowest BCUT2D eigenvalue weighted by molar-refractivity contribution is 0.564. The van der Waals surface area contributed by atoms with E-state index in [-0.39, 0.29) is 0 Å². The van der Waals surface area contributed by atoms with Crippen molar-refractivity contribution in [1.82, 2.24) is 0 Å². The third-order valence-electron chi connectivity index (χ3n) is 2.65. The average Bonchev–Trinajstić information content (AvgIpc) is 2.33. The maximum absolute atomic E-state index is 6.26. The van der Waals surface area contributed by atoms with Gasteiger partial charge in [0.05, 0.1) is 0 Å². The van der Waals surface area contributed by atoms with Gasteiger partial charge in [-0.15, -0.1) is 0 Å². The van der Waals surface area contributed by atoms with E-state index in [2.05, 4.69) is 31.9 Å². The van der Waals surface area contributed by atoms with Crippen molar-refractivity contribution in [1.29, 1.82) is 0 Å². The van der Waals surface area contributed by atoms with Crippen molar-refractivity contribution in [2.24, 2.45) is 11.5 Å². The highest BCUT2D eigenvalue weighted by Gasteiger charge is 2.27. The van der Waals surface area contributed by atoms with Gasteiger partial charge in [-0.05, 0) is 43.5 Å². The number of hydrogen-bond acceptors (Lipinski definition) is 2. The maximum Gasteiger partial charge on any atom is 0.117 e. The third-order valence-corrected chi connectivity index (χ3v) is 4.70. The number of rotatable bonds is 2. The van der Waals surface area contributed by atoms with E-state index in [1.165, 1.54) is 0 Å². The predicted octanol–water partition coefficient (Wildman–Crippen LogP) is 3.33. The number of hydrogen-bond donors (Lipinski definition) is 2. The maximum atomic E-state index is 6.26. The number of benzene rings is 2. The fraction of sp³-hybridized carbons (Fsp3) is 0.0769. The molecule has 2 aromatic rings. The van der Waals surface area contributed by atoms with E-state index in [1.54, 1.807) is 0 Å². The zero-order chi connectivity index (χ0) is 12.5. The molecule has 4 heteroatoms. The Morgan fingerprint density at radius 3 is 2.12 bits per heavy atom. The highest BCUT2D eigenvalue weighted by atomic mass is 79.9. The van der Waals surface area contributed by atoms with Crippen LogP contribution in [0.1, 0.15) is 11.1 Å². The molecule has 0 aliphatic carbocycles. The molecule has 0 saturated heterocycles. The van der Waals surface area contributed by atoms with Crippen molar-refractivity contribution in [3.8, 4) is 0 Å². The smallest absolute Gasteiger partial charge is 0.117 e. The molecule has 0 saturated carbocycles. The third kappa shape index (κ3) is 2.45. The van der Waals surface area contributed by atoms with Crippen LogP contribution < -0.4 is 11.5 Å². The fourth-order valence-electron chi connectivity index (χ4n) is 1.69. The highest BCUT2D eigenvalue weighted by Crippen LogP contribution is 2.33. The average molecular weight is 356 g/mol. The van der Waals surface area contributed by atoms with Crippen molar-refractivity contribution >= 4 is 31.9 Å². The first kappa shape index (κ1) is 12.8. The van der Waals surface area contributed by atoms with Crippen LogP contribution in [0.25, 0.3) is 0 Å². The summed E-state index contributed by atoms with van der Waals surface area (Å²) in [6.07, 6.45) is 0. The van der Waals surface area contributed by atoms with Crippen LogP contribution in [0.3, 0.4) is 0 Å². The molecular formula is C13H12Br2N2. The molecular weight excluding hydrogens is 344 g/mol. The minimum Gasteiger partial charge on any atom is -0.306 e. The van der Waals surface area contributed by atoms with Gasteiger partial charge in [0, 0.05) is 14.5 Å². The summed E-state index contributed by atoms with van der Waals surface area (Å²) in [6.45, 7) is 0. The van der Waals surface area contributed by atoms with Gasteiger partial charge < -0.3 is 11.5 Å². The second-order valence-electron chi connectivity index (χ2n) is 3.84. The van der Waals surface area contributed by atoms with Crippen molar-refractivity contribution in [3.63, 3.8) is 0 Å². The normalized spacial score (nSPS) is 11.5. The van der Waals surface area contributed by atoms with Crippen molar-refractivity contribution in [3.05, 3.63) is 68.6 Å². The van der Waals surface area contributed by atoms with Crippen LogP contribution in [-0.2, 0) is 5.66 Å². The summed E-state index contributed by atoms with van der Waals surface area (Å²) in [5, 5.41) is 0. The highest BCUT2D eigenvalue weighted by molar-refractivity contribution is 9.13. The zero-order valence-corrected chi connectivity index (χ0v) is 12.2. The van der Waals surface area contributed by atoms with Gasteiger partial charge in [-0.1, -0.05) is 42.5 Å². The van der Waals surface area contributed by atoms with E-state index in [0.29, 0.717) is 0 Å². The van der Waals surface area contributed by atoms with Gasteiger partial charge in [0.1, 0.15) is 5.66 Å². The van der Waals surface area contributed by atoms with Gasteiger partial charge in [0.2, 0.25) is 0 Å². The van der Waals surface area contributed by atoms with Crippen LogP contribution >= 0.6 is 31.9 Å². The molecule has 0 aromatic heterocycles.